The van der Waals surface area contributed by atoms with Crippen LogP contribution in [0, 0.1) is 47.5 Å². The number of para-hydroxylation sites is 2. The predicted octanol–water partition coefficient (Wildman–Crippen LogP) is 12.0. The molecule has 1 aromatic heterocycles. The van der Waals surface area contributed by atoms with Gasteiger partial charge in [0.05, 0.1) is 17.4 Å². The van der Waals surface area contributed by atoms with E-state index in [0.29, 0.717) is 11.8 Å². The van der Waals surface area contributed by atoms with Crippen LogP contribution in [0.3, 0.4) is 0 Å². The number of rotatable bonds is 5. The summed E-state index contributed by atoms with van der Waals surface area (Å²) in [6.45, 7) is 20.0. The summed E-state index contributed by atoms with van der Waals surface area (Å²) < 4.78 is 0. The van der Waals surface area contributed by atoms with Crippen LogP contribution in [0.25, 0.3) is 22.5 Å². The van der Waals surface area contributed by atoms with E-state index in [-0.39, 0.29) is 6.04 Å². The first-order valence-electron chi connectivity index (χ1n) is 17.6. The molecule has 3 unspecified atom stereocenters. The molecule has 4 aromatic carbocycles. The van der Waals surface area contributed by atoms with Crippen LogP contribution in [-0.2, 0) is 0 Å². The lowest BCUT2D eigenvalue weighted by Crippen LogP contribution is -2.29. The van der Waals surface area contributed by atoms with Gasteiger partial charge in [-0.15, -0.1) is 0 Å². The zero-order valence-electron chi connectivity index (χ0n) is 30.1. The van der Waals surface area contributed by atoms with E-state index in [1.807, 2.05) is 0 Å². The van der Waals surface area contributed by atoms with Crippen molar-refractivity contribution in [1.82, 2.24) is 9.97 Å². The summed E-state index contributed by atoms with van der Waals surface area (Å²) in [5.41, 5.74) is 14.9. The number of fused-ring (bicyclic) bond motifs is 2. The molecule has 0 aliphatic carbocycles. The number of hydrogen-bond donors (Lipinski definition) is 1. The van der Waals surface area contributed by atoms with Crippen molar-refractivity contribution < 1.29 is 0 Å². The van der Waals surface area contributed by atoms with Crippen molar-refractivity contribution in [1.29, 1.82) is 0 Å². The van der Waals surface area contributed by atoms with Crippen molar-refractivity contribution in [3.8, 4) is 22.5 Å². The van der Waals surface area contributed by atoms with Gasteiger partial charge in [0.25, 0.3) is 0 Å². The van der Waals surface area contributed by atoms with E-state index >= 15 is 0 Å². The Morgan fingerprint density at radius 3 is 1.75 bits per heavy atom. The van der Waals surface area contributed by atoms with E-state index in [1.165, 1.54) is 38.9 Å². The molecule has 0 amide bonds. The molecule has 0 saturated heterocycles. The highest BCUT2D eigenvalue weighted by Gasteiger charge is 2.29. The van der Waals surface area contributed by atoms with Gasteiger partial charge in [-0.1, -0.05) is 97.8 Å². The molecule has 6 rings (SSSR count). The third-order valence-electron chi connectivity index (χ3n) is 10.1. The lowest BCUT2D eigenvalue weighted by molar-refractivity contribution is 0.479. The molecule has 2 heterocycles. The van der Waals surface area contributed by atoms with Gasteiger partial charge in [0, 0.05) is 22.5 Å². The molecule has 5 aromatic rings. The Morgan fingerprint density at radius 2 is 1.19 bits per heavy atom. The van der Waals surface area contributed by atoms with Gasteiger partial charge >= 0.3 is 0 Å². The predicted molar refractivity (Wildman–Crippen MR) is 205 cm³/mol. The lowest BCUT2D eigenvalue weighted by atomic mass is 9.81. The summed E-state index contributed by atoms with van der Waals surface area (Å²) in [6, 6.07) is 28.5. The summed E-state index contributed by atoms with van der Waals surface area (Å²) in [6.07, 6.45) is 6.95. The second-order valence-corrected chi connectivity index (χ2v) is 13.8. The van der Waals surface area contributed by atoms with Crippen LogP contribution in [0.2, 0.25) is 0 Å². The topological polar surface area (TPSA) is 41.1 Å². The van der Waals surface area contributed by atoms with Crippen molar-refractivity contribution in [3.63, 3.8) is 0 Å². The highest BCUT2D eigenvalue weighted by Crippen LogP contribution is 2.45. The van der Waals surface area contributed by atoms with Crippen molar-refractivity contribution in [2.24, 2.45) is 5.92 Å². The summed E-state index contributed by atoms with van der Waals surface area (Å²) in [4.78, 5) is 13.8. The van der Waals surface area contributed by atoms with Gasteiger partial charge in [0.1, 0.15) is 0 Å². The van der Waals surface area contributed by atoms with Crippen LogP contribution in [0.5, 0.6) is 0 Å². The van der Waals surface area contributed by atoms with Crippen molar-refractivity contribution in [2.75, 3.05) is 10.2 Å². The number of allylic oxidation sites excluding steroid dienone is 1. The second-order valence-electron chi connectivity index (χ2n) is 13.8. The van der Waals surface area contributed by atoms with E-state index in [9.17, 15) is 0 Å². The number of aryl methyl sites for hydroxylation is 6. The first-order valence-corrected chi connectivity index (χ1v) is 17.6. The van der Waals surface area contributed by atoms with E-state index in [2.05, 4.69) is 164 Å². The Kier molecular flexibility index (Phi) is 9.55. The summed E-state index contributed by atoms with van der Waals surface area (Å²) in [5, 5.41) is 3.90. The fourth-order valence-electron chi connectivity index (χ4n) is 8.03. The van der Waals surface area contributed by atoms with E-state index in [0.717, 1.165) is 58.4 Å². The molecule has 0 bridgehead atoms. The molecule has 48 heavy (non-hydrogen) atoms. The molecule has 1 aliphatic heterocycles. The average Bonchev–Trinajstić information content (AvgIpc) is 3.06. The molecule has 0 saturated carbocycles. The maximum atomic E-state index is 5.75. The monoisotopic (exact) mass is 634 g/mol. The molecule has 0 fully saturated rings. The quantitative estimate of drug-likeness (QED) is 0.195. The van der Waals surface area contributed by atoms with Crippen LogP contribution in [0.4, 0.5) is 23.0 Å². The molecule has 1 aliphatic rings. The molecule has 246 valence electrons. The van der Waals surface area contributed by atoms with E-state index in [1.54, 1.807) is 0 Å². The number of hydrogen-bond acceptors (Lipinski definition) is 4. The smallest absolute Gasteiger partial charge is 0.177 e. The van der Waals surface area contributed by atoms with Gasteiger partial charge in [0.2, 0.25) is 0 Å². The van der Waals surface area contributed by atoms with Crippen molar-refractivity contribution in [3.05, 3.63) is 130 Å². The average molecular weight is 635 g/mol. The molecule has 4 nitrogen and oxygen atoms in total. The van der Waals surface area contributed by atoms with Crippen LogP contribution in [0.1, 0.15) is 78.5 Å². The normalized spacial score (nSPS) is 18.4. The Balaban J connectivity index is 1.76. The number of anilines is 4. The highest BCUT2D eigenvalue weighted by molar-refractivity contribution is 5.89. The molecule has 0 spiro atoms. The maximum absolute atomic E-state index is 5.75. The van der Waals surface area contributed by atoms with Gasteiger partial charge in [0.15, 0.2) is 11.6 Å². The fourth-order valence-corrected chi connectivity index (χ4v) is 8.03. The zero-order chi connectivity index (χ0) is 34.1. The third kappa shape index (κ3) is 6.29. The molecule has 1 N–H and O–H groups in total. The largest absolute Gasteiger partial charge is 0.337 e. The van der Waals surface area contributed by atoms with Gasteiger partial charge in [-0.3, -0.25) is 0 Å². The third-order valence-corrected chi connectivity index (χ3v) is 10.1. The highest BCUT2D eigenvalue weighted by atomic mass is 15.3. The van der Waals surface area contributed by atoms with E-state index in [4.69, 9.17) is 9.97 Å². The molecule has 0 radical (unpaired) electrons. The van der Waals surface area contributed by atoms with Crippen LogP contribution in [-0.4, -0.2) is 16.0 Å². The minimum absolute atomic E-state index is 0.0248. The van der Waals surface area contributed by atoms with Crippen molar-refractivity contribution in [2.45, 2.75) is 87.1 Å². The number of benzene rings is 4. The lowest BCUT2D eigenvalue weighted by Gasteiger charge is -2.31. The summed E-state index contributed by atoms with van der Waals surface area (Å²) in [7, 11) is 0. The number of aromatic nitrogens is 2. The molecule has 3 atom stereocenters. The number of nitrogens with zero attached hydrogens (tertiary/aromatic N) is 3. The Bertz CT molecular complexity index is 1930. The summed E-state index contributed by atoms with van der Waals surface area (Å²) in [5.74, 6) is 2.36. The van der Waals surface area contributed by atoms with E-state index < -0.39 is 0 Å². The summed E-state index contributed by atoms with van der Waals surface area (Å²) >= 11 is 0. The maximum Gasteiger partial charge on any atom is 0.177 e. The molecule has 4 heteroatoms. The fraction of sp³-hybridized carbons (Fsp3) is 0.318. The zero-order valence-corrected chi connectivity index (χ0v) is 30.1. The number of nitrogens with one attached hydrogen (secondary N) is 1. The molecular formula is C44H50N4. The van der Waals surface area contributed by atoms with Crippen LogP contribution >= 0.6 is 0 Å². The molecular weight excluding hydrogens is 585 g/mol. The van der Waals surface area contributed by atoms with Gasteiger partial charge in [-0.2, -0.15) is 0 Å². The Labute approximate surface area is 288 Å². The van der Waals surface area contributed by atoms with Gasteiger partial charge in [-0.25, -0.2) is 9.97 Å². The first kappa shape index (κ1) is 33.2. The van der Waals surface area contributed by atoms with Crippen LogP contribution < -0.4 is 10.2 Å². The SMILES string of the molecule is CCC1/C=C\C(C)N(c2ccccc2)c2nc(-c3c(C)cc(C)cc3C)c(-c3c(C)cc(C)cc3C)nc2Nc2ccccc2C1CC. The van der Waals surface area contributed by atoms with Crippen LogP contribution in [0.15, 0.2) is 91.0 Å². The van der Waals surface area contributed by atoms with Gasteiger partial charge < -0.3 is 10.2 Å². The first-order chi connectivity index (χ1) is 23.1. The Hall–Kier alpha value is -4.70. The van der Waals surface area contributed by atoms with Crippen molar-refractivity contribution >= 4 is 23.0 Å². The minimum Gasteiger partial charge on any atom is -0.337 e. The minimum atomic E-state index is 0.0248. The standard InChI is InChI=1S/C44H50N4/c1-10-34-22-21-33(9)48(35-17-13-12-14-18-35)44-43(45-38-20-16-15-19-37(38)36(34)11-2)46-41(39-29(5)23-27(3)24-30(39)6)42(47-44)40-31(7)25-28(4)26-32(40)8/h12-26,33-34,36H,10-11H2,1-9H3,(H,45,46)/b22-21-. The Morgan fingerprint density at radius 1 is 0.646 bits per heavy atom. The second kappa shape index (κ2) is 13.8. The van der Waals surface area contributed by atoms with Gasteiger partial charge in [-0.05, 0) is 119 Å².